The third-order valence-electron chi connectivity index (χ3n) is 10.9. The Kier molecular flexibility index (Phi) is 9.48. The highest BCUT2D eigenvalue weighted by atomic mass is 28.4. The van der Waals surface area contributed by atoms with E-state index in [1.165, 1.54) is 5.71 Å². The number of methoxy groups -OCH3 is 1. The van der Waals surface area contributed by atoms with Gasteiger partial charge < -0.3 is 32.9 Å². The average molecular weight is 568 g/mol. The minimum Gasteiger partial charge on any atom is -0.414 e. The van der Waals surface area contributed by atoms with E-state index in [1.807, 2.05) is 0 Å². The average Bonchev–Trinajstić information content (AvgIpc) is 3.65. The molecule has 4 fully saturated rings. The fourth-order valence-corrected chi connectivity index (χ4v) is 9.16. The van der Waals surface area contributed by atoms with E-state index in [-0.39, 0.29) is 35.6 Å². The van der Waals surface area contributed by atoms with Crippen LogP contribution in [-0.4, -0.2) is 79.0 Å². The monoisotopic (exact) mass is 567 g/mol. The third kappa shape index (κ3) is 6.30. The summed E-state index contributed by atoms with van der Waals surface area (Å²) in [7, 11) is -0.276. The Balaban J connectivity index is 1.36. The molecule has 0 aromatic carbocycles. The zero-order chi connectivity index (χ0) is 27.8. The van der Waals surface area contributed by atoms with Crippen molar-refractivity contribution in [3.05, 3.63) is 0 Å². The molecule has 3 aliphatic carbocycles. The van der Waals surface area contributed by atoms with Crippen LogP contribution >= 0.6 is 0 Å². The van der Waals surface area contributed by atoms with Crippen molar-refractivity contribution in [2.45, 2.75) is 109 Å². The van der Waals surface area contributed by atoms with Crippen LogP contribution in [0.1, 0.15) is 66.2 Å². The van der Waals surface area contributed by atoms with E-state index < -0.39 is 8.32 Å². The van der Waals surface area contributed by atoms with Gasteiger partial charge in [-0.05, 0) is 80.3 Å². The fraction of sp³-hybridized carbons (Fsp3) is 0.967. The Morgan fingerprint density at radius 3 is 2.54 bits per heavy atom. The van der Waals surface area contributed by atoms with Gasteiger partial charge in [0.15, 0.2) is 14.6 Å². The summed E-state index contributed by atoms with van der Waals surface area (Å²) in [6.07, 6.45) is 6.73. The van der Waals surface area contributed by atoms with E-state index in [9.17, 15) is 0 Å². The molecule has 3 saturated carbocycles. The van der Waals surface area contributed by atoms with Gasteiger partial charge in [-0.25, -0.2) is 0 Å². The Bertz CT molecular complexity index is 842. The van der Waals surface area contributed by atoms with Crippen molar-refractivity contribution in [1.82, 2.24) is 0 Å². The Hall–Kier alpha value is -0.553. The molecule has 2 heterocycles. The lowest BCUT2D eigenvalue weighted by Crippen LogP contribution is -2.47. The summed E-state index contributed by atoms with van der Waals surface area (Å²) in [5.74, 6) is 2.75. The predicted octanol–water partition coefficient (Wildman–Crippen LogP) is 5.61. The zero-order valence-corrected chi connectivity index (χ0v) is 26.4. The molecule has 0 bridgehead atoms. The topological polar surface area (TPSA) is 77.0 Å². The molecule has 5 aliphatic rings. The van der Waals surface area contributed by atoms with Crippen molar-refractivity contribution >= 4 is 14.0 Å². The lowest BCUT2D eigenvalue weighted by atomic mass is 9.76. The molecular formula is C30H53NO7Si. The molecule has 9 heteroatoms. The molecule has 2 aliphatic heterocycles. The molecule has 9 atom stereocenters. The lowest BCUT2D eigenvalue weighted by Gasteiger charge is -2.42. The molecule has 1 saturated heterocycles. The number of fused-ring (bicyclic) bond motifs is 2. The van der Waals surface area contributed by atoms with Crippen molar-refractivity contribution in [2.24, 2.45) is 40.7 Å². The van der Waals surface area contributed by atoms with Gasteiger partial charge in [0.1, 0.15) is 12.9 Å². The first kappa shape index (κ1) is 29.9. The first-order chi connectivity index (χ1) is 18.6. The molecule has 0 radical (unpaired) electrons. The van der Waals surface area contributed by atoms with E-state index in [0.29, 0.717) is 49.6 Å². The number of oxime groups is 1. The van der Waals surface area contributed by atoms with Crippen LogP contribution in [0.2, 0.25) is 18.1 Å². The SMILES string of the molecule is COCCOCO[C@H]1CC[C@@H]2[C@H]1[C@H]1ON=C3C[C@H]([C@@H](C)CCC4OCCO4)[C@@H](C[C@@H]2O[Si](C)(C)C(C)(C)C)[C@H]31. The Morgan fingerprint density at radius 1 is 1.05 bits per heavy atom. The van der Waals surface area contributed by atoms with E-state index in [0.717, 1.165) is 51.7 Å². The van der Waals surface area contributed by atoms with Gasteiger partial charge in [-0.1, -0.05) is 32.9 Å². The Labute approximate surface area is 236 Å². The summed E-state index contributed by atoms with van der Waals surface area (Å²) < 4.78 is 36.1. The smallest absolute Gasteiger partial charge is 0.192 e. The lowest BCUT2D eigenvalue weighted by molar-refractivity contribution is -0.133. The molecule has 8 nitrogen and oxygen atoms in total. The summed E-state index contributed by atoms with van der Waals surface area (Å²) in [6.45, 7) is 17.1. The van der Waals surface area contributed by atoms with Gasteiger partial charge in [0.2, 0.25) is 0 Å². The van der Waals surface area contributed by atoms with E-state index in [1.54, 1.807) is 7.11 Å². The van der Waals surface area contributed by atoms with Gasteiger partial charge >= 0.3 is 0 Å². The maximum absolute atomic E-state index is 7.33. The molecule has 0 unspecified atom stereocenters. The van der Waals surface area contributed by atoms with Crippen LogP contribution in [0.5, 0.6) is 0 Å². The molecular weight excluding hydrogens is 514 g/mol. The minimum atomic E-state index is -1.97. The summed E-state index contributed by atoms with van der Waals surface area (Å²) in [5, 5.41) is 4.91. The van der Waals surface area contributed by atoms with Gasteiger partial charge in [0.25, 0.3) is 0 Å². The zero-order valence-electron chi connectivity index (χ0n) is 25.4. The normalized spacial score (nSPS) is 37.4. The molecule has 0 spiro atoms. The maximum atomic E-state index is 7.33. The largest absolute Gasteiger partial charge is 0.414 e. The summed E-state index contributed by atoms with van der Waals surface area (Å²) in [4.78, 5) is 6.34. The van der Waals surface area contributed by atoms with E-state index in [4.69, 9.17) is 38.1 Å². The van der Waals surface area contributed by atoms with Crippen LogP contribution in [0.25, 0.3) is 0 Å². The molecule has 224 valence electrons. The van der Waals surface area contributed by atoms with Crippen molar-refractivity contribution in [2.75, 3.05) is 40.3 Å². The third-order valence-corrected chi connectivity index (χ3v) is 15.4. The van der Waals surface area contributed by atoms with Crippen LogP contribution in [0.15, 0.2) is 5.16 Å². The molecule has 0 amide bonds. The number of nitrogens with zero attached hydrogens (tertiary/aromatic N) is 1. The molecule has 0 aromatic heterocycles. The van der Waals surface area contributed by atoms with Crippen molar-refractivity contribution < 1.29 is 32.9 Å². The van der Waals surface area contributed by atoms with Crippen molar-refractivity contribution in [3.8, 4) is 0 Å². The fourth-order valence-electron chi connectivity index (χ4n) is 7.78. The highest BCUT2D eigenvalue weighted by Gasteiger charge is 2.61. The van der Waals surface area contributed by atoms with Gasteiger partial charge in [-0.3, -0.25) is 0 Å². The summed E-state index contributed by atoms with van der Waals surface area (Å²) in [5.41, 5.74) is 1.28. The highest BCUT2D eigenvalue weighted by Crippen LogP contribution is 2.57. The Morgan fingerprint density at radius 2 is 1.82 bits per heavy atom. The van der Waals surface area contributed by atoms with Crippen molar-refractivity contribution in [3.63, 3.8) is 0 Å². The number of ether oxygens (including phenoxy) is 5. The van der Waals surface area contributed by atoms with E-state index in [2.05, 4.69) is 40.8 Å². The quantitative estimate of drug-likeness (QED) is 0.172. The van der Waals surface area contributed by atoms with Gasteiger partial charge in [-0.15, -0.1) is 0 Å². The van der Waals surface area contributed by atoms with Crippen LogP contribution in [-0.2, 0) is 32.9 Å². The second kappa shape index (κ2) is 12.4. The second-order valence-electron chi connectivity index (χ2n) is 14.1. The van der Waals surface area contributed by atoms with Gasteiger partial charge in [0.05, 0.1) is 38.2 Å². The number of hydrogen-bond donors (Lipinski definition) is 0. The van der Waals surface area contributed by atoms with Crippen molar-refractivity contribution in [1.29, 1.82) is 0 Å². The first-order valence-electron chi connectivity index (χ1n) is 15.4. The molecule has 0 N–H and O–H groups in total. The van der Waals surface area contributed by atoms with Gasteiger partial charge in [0, 0.05) is 25.0 Å². The van der Waals surface area contributed by atoms with Crippen LogP contribution in [0.4, 0.5) is 0 Å². The maximum Gasteiger partial charge on any atom is 0.192 e. The predicted molar refractivity (Wildman–Crippen MR) is 152 cm³/mol. The standard InChI is InChI=1S/C30H53NO7Si/c1-19(8-11-26-34-14-15-35-26)21-16-23-27-22(21)17-25(38-39(6,7)30(2,3)4)20-9-10-24(28(20)29(27)37-31-23)36-18-33-13-12-32-5/h19-22,24-29H,8-18H2,1-7H3/t19-,20-,21+,22+,24-,25-,27+,28+,29-/m0/s1. The molecule has 0 aromatic rings. The summed E-state index contributed by atoms with van der Waals surface area (Å²) in [6, 6.07) is 0. The van der Waals surface area contributed by atoms with Crippen LogP contribution < -0.4 is 0 Å². The molecule has 5 rings (SSSR count). The second-order valence-corrected chi connectivity index (χ2v) is 18.9. The molecule has 39 heavy (non-hydrogen) atoms. The highest BCUT2D eigenvalue weighted by molar-refractivity contribution is 6.74. The number of hydrogen-bond acceptors (Lipinski definition) is 8. The van der Waals surface area contributed by atoms with Crippen LogP contribution in [0, 0.1) is 35.5 Å². The van der Waals surface area contributed by atoms with Gasteiger partial charge in [-0.2, -0.15) is 0 Å². The minimum absolute atomic E-state index is 0.0334. The van der Waals surface area contributed by atoms with E-state index >= 15 is 0 Å². The number of rotatable bonds is 12. The first-order valence-corrected chi connectivity index (χ1v) is 18.3. The van der Waals surface area contributed by atoms with Crippen LogP contribution in [0.3, 0.4) is 0 Å². The summed E-state index contributed by atoms with van der Waals surface area (Å²) >= 11 is 0.